The van der Waals surface area contributed by atoms with Crippen LogP contribution in [0.5, 0.6) is 0 Å². The molecule has 1 aromatic heterocycles. The molecule has 1 atom stereocenters. The Kier molecular flexibility index (Phi) is 3.39. The Morgan fingerprint density at radius 1 is 1.42 bits per heavy atom. The second-order valence-electron chi connectivity index (χ2n) is 5.59. The molecular formula is C15H19N3O. The van der Waals surface area contributed by atoms with Gasteiger partial charge >= 0.3 is 0 Å². The molecule has 0 amide bonds. The molecule has 0 aliphatic heterocycles. The highest BCUT2D eigenvalue weighted by molar-refractivity contribution is 5.54. The van der Waals surface area contributed by atoms with Crippen molar-refractivity contribution in [1.82, 2.24) is 4.98 Å². The number of anilines is 1. The zero-order valence-corrected chi connectivity index (χ0v) is 11.0. The van der Waals surface area contributed by atoms with Gasteiger partial charge in [-0.15, -0.1) is 0 Å². The van der Waals surface area contributed by atoms with Crippen LogP contribution >= 0.6 is 0 Å². The zero-order valence-electron chi connectivity index (χ0n) is 11.0. The number of aryl methyl sites for hydroxylation is 2. The maximum atomic E-state index is 9.88. The maximum absolute atomic E-state index is 9.88. The average molecular weight is 257 g/mol. The summed E-state index contributed by atoms with van der Waals surface area (Å²) in [5, 5.41) is 22.2. The quantitative estimate of drug-likeness (QED) is 0.865. The SMILES string of the molecule is N#Cc1cc2c(nc1NCC(O)C1CC1)CCCC2. The number of hydrogen-bond donors (Lipinski definition) is 2. The molecular weight excluding hydrogens is 238 g/mol. The van der Waals surface area contributed by atoms with Crippen LogP contribution < -0.4 is 5.32 Å². The standard InChI is InChI=1S/C15H19N3O/c16-8-12-7-11-3-1-2-4-13(11)18-15(12)17-9-14(19)10-5-6-10/h7,10,14,19H,1-6,9H2,(H,17,18). The number of nitriles is 1. The molecule has 0 saturated heterocycles. The molecule has 0 radical (unpaired) electrons. The summed E-state index contributed by atoms with van der Waals surface area (Å²) in [5.41, 5.74) is 2.94. The molecule has 4 nitrogen and oxygen atoms in total. The van der Waals surface area contributed by atoms with E-state index in [-0.39, 0.29) is 6.10 Å². The van der Waals surface area contributed by atoms with Gasteiger partial charge in [-0.1, -0.05) is 0 Å². The van der Waals surface area contributed by atoms with Crippen molar-refractivity contribution < 1.29 is 5.11 Å². The van der Waals surface area contributed by atoms with Crippen molar-refractivity contribution in [2.45, 2.75) is 44.6 Å². The molecule has 0 bridgehead atoms. The first kappa shape index (κ1) is 12.4. The van der Waals surface area contributed by atoms with Crippen LogP contribution in [-0.2, 0) is 12.8 Å². The summed E-state index contributed by atoms with van der Waals surface area (Å²) in [7, 11) is 0. The van der Waals surface area contributed by atoms with Crippen LogP contribution in [0.15, 0.2) is 6.07 Å². The lowest BCUT2D eigenvalue weighted by Gasteiger charge is -2.18. The number of nitrogens with one attached hydrogen (secondary N) is 1. The highest BCUT2D eigenvalue weighted by atomic mass is 16.3. The second-order valence-corrected chi connectivity index (χ2v) is 5.59. The first-order valence-corrected chi connectivity index (χ1v) is 7.13. The Morgan fingerprint density at radius 2 is 2.21 bits per heavy atom. The highest BCUT2D eigenvalue weighted by Crippen LogP contribution is 2.32. The fraction of sp³-hybridized carbons (Fsp3) is 0.600. The molecule has 2 aliphatic carbocycles. The summed E-state index contributed by atoms with van der Waals surface area (Å²) in [6.07, 6.45) is 6.31. The second kappa shape index (κ2) is 5.18. The number of fused-ring (bicyclic) bond motifs is 1. The molecule has 4 heteroatoms. The molecule has 2 aliphatic rings. The van der Waals surface area contributed by atoms with Gasteiger partial charge in [-0.05, 0) is 56.1 Å². The monoisotopic (exact) mass is 257 g/mol. The minimum atomic E-state index is -0.315. The van der Waals surface area contributed by atoms with Gasteiger partial charge in [0, 0.05) is 12.2 Å². The van der Waals surface area contributed by atoms with Crippen LogP contribution in [0, 0.1) is 17.2 Å². The van der Waals surface area contributed by atoms with Gasteiger partial charge in [0.15, 0.2) is 0 Å². The summed E-state index contributed by atoms with van der Waals surface area (Å²) in [6.45, 7) is 0.491. The van der Waals surface area contributed by atoms with Crippen LogP contribution in [-0.4, -0.2) is 22.7 Å². The van der Waals surface area contributed by atoms with Gasteiger partial charge < -0.3 is 10.4 Å². The van der Waals surface area contributed by atoms with Gasteiger partial charge in [0.2, 0.25) is 0 Å². The van der Waals surface area contributed by atoms with E-state index in [1.54, 1.807) is 0 Å². The van der Waals surface area contributed by atoms with E-state index < -0.39 is 0 Å². The summed E-state index contributed by atoms with van der Waals surface area (Å²) >= 11 is 0. The average Bonchev–Trinajstić information content (AvgIpc) is 3.28. The lowest BCUT2D eigenvalue weighted by Crippen LogP contribution is -2.22. The van der Waals surface area contributed by atoms with Gasteiger partial charge in [0.1, 0.15) is 11.9 Å². The molecule has 1 saturated carbocycles. The van der Waals surface area contributed by atoms with Crippen molar-refractivity contribution in [1.29, 1.82) is 5.26 Å². The number of aliphatic hydroxyl groups excluding tert-OH is 1. The Morgan fingerprint density at radius 3 is 2.95 bits per heavy atom. The Balaban J connectivity index is 1.77. The third-order valence-corrected chi connectivity index (χ3v) is 4.07. The molecule has 3 rings (SSSR count). The maximum Gasteiger partial charge on any atom is 0.144 e. The lowest BCUT2D eigenvalue weighted by molar-refractivity contribution is 0.164. The van der Waals surface area contributed by atoms with E-state index in [1.165, 1.54) is 18.4 Å². The van der Waals surface area contributed by atoms with Crippen LogP contribution in [0.25, 0.3) is 0 Å². The van der Waals surface area contributed by atoms with Gasteiger partial charge in [-0.25, -0.2) is 4.98 Å². The molecule has 0 aromatic carbocycles. The molecule has 1 unspecified atom stereocenters. The Hall–Kier alpha value is -1.60. The Labute approximate surface area is 113 Å². The summed E-state index contributed by atoms with van der Waals surface area (Å²) < 4.78 is 0. The first-order valence-electron chi connectivity index (χ1n) is 7.13. The Bertz CT molecular complexity index is 517. The predicted molar refractivity (Wildman–Crippen MR) is 72.8 cm³/mol. The van der Waals surface area contributed by atoms with Crippen molar-refractivity contribution in [3.05, 3.63) is 22.9 Å². The summed E-state index contributed by atoms with van der Waals surface area (Å²) in [4.78, 5) is 4.59. The van der Waals surface area contributed by atoms with E-state index in [4.69, 9.17) is 0 Å². The van der Waals surface area contributed by atoms with Crippen LogP contribution in [0.4, 0.5) is 5.82 Å². The largest absolute Gasteiger partial charge is 0.391 e. The van der Waals surface area contributed by atoms with Crippen molar-refractivity contribution in [2.24, 2.45) is 5.92 Å². The lowest BCUT2D eigenvalue weighted by atomic mass is 9.95. The minimum absolute atomic E-state index is 0.315. The van der Waals surface area contributed by atoms with E-state index >= 15 is 0 Å². The molecule has 0 spiro atoms. The number of aliphatic hydroxyl groups is 1. The summed E-state index contributed by atoms with van der Waals surface area (Å²) in [6, 6.07) is 4.17. The molecule has 100 valence electrons. The highest BCUT2D eigenvalue weighted by Gasteiger charge is 2.29. The van der Waals surface area contributed by atoms with Gasteiger partial charge in [-0.3, -0.25) is 0 Å². The molecule has 1 fully saturated rings. The van der Waals surface area contributed by atoms with Gasteiger partial charge in [0.25, 0.3) is 0 Å². The van der Waals surface area contributed by atoms with Gasteiger partial charge in [0.05, 0.1) is 11.7 Å². The number of rotatable bonds is 4. The van der Waals surface area contributed by atoms with E-state index in [2.05, 4.69) is 16.4 Å². The molecule has 1 heterocycles. The fourth-order valence-corrected chi connectivity index (χ4v) is 2.70. The smallest absolute Gasteiger partial charge is 0.144 e. The molecule has 1 aromatic rings. The van der Waals surface area contributed by atoms with Crippen molar-refractivity contribution in [2.75, 3.05) is 11.9 Å². The third kappa shape index (κ3) is 2.71. The van der Waals surface area contributed by atoms with Crippen LogP contribution in [0.1, 0.15) is 42.5 Å². The normalized spacial score (nSPS) is 19.4. The number of pyridine rings is 1. The first-order chi connectivity index (χ1) is 9.28. The molecule has 2 N–H and O–H groups in total. The fourth-order valence-electron chi connectivity index (χ4n) is 2.70. The van der Waals surface area contributed by atoms with Crippen molar-refractivity contribution in [3.63, 3.8) is 0 Å². The van der Waals surface area contributed by atoms with Crippen LogP contribution in [0.3, 0.4) is 0 Å². The topological polar surface area (TPSA) is 68.9 Å². The summed E-state index contributed by atoms with van der Waals surface area (Å²) in [5.74, 6) is 1.08. The van der Waals surface area contributed by atoms with E-state index in [9.17, 15) is 10.4 Å². The minimum Gasteiger partial charge on any atom is -0.391 e. The van der Waals surface area contributed by atoms with E-state index in [0.717, 1.165) is 31.4 Å². The third-order valence-electron chi connectivity index (χ3n) is 4.07. The predicted octanol–water partition coefficient (Wildman–Crippen LogP) is 2.01. The van der Waals surface area contributed by atoms with Gasteiger partial charge in [-0.2, -0.15) is 5.26 Å². The number of nitrogens with zero attached hydrogens (tertiary/aromatic N) is 2. The van der Waals surface area contributed by atoms with Crippen LogP contribution in [0.2, 0.25) is 0 Å². The number of hydrogen-bond acceptors (Lipinski definition) is 4. The van der Waals surface area contributed by atoms with E-state index in [0.29, 0.717) is 23.8 Å². The van der Waals surface area contributed by atoms with Crippen molar-refractivity contribution >= 4 is 5.82 Å². The van der Waals surface area contributed by atoms with Crippen molar-refractivity contribution in [3.8, 4) is 6.07 Å². The van der Waals surface area contributed by atoms with E-state index in [1.807, 2.05) is 6.07 Å². The molecule has 19 heavy (non-hydrogen) atoms. The zero-order chi connectivity index (χ0) is 13.2. The number of aromatic nitrogens is 1.